The average Bonchev–Trinajstić information content (AvgIpc) is 3.31. The van der Waals surface area contributed by atoms with Gasteiger partial charge in [0.15, 0.2) is 0 Å². The third kappa shape index (κ3) is 4.43. The van der Waals surface area contributed by atoms with Crippen molar-refractivity contribution in [2.24, 2.45) is 0 Å². The van der Waals surface area contributed by atoms with Crippen molar-refractivity contribution >= 4 is 11.0 Å². The highest BCUT2D eigenvalue weighted by atomic mass is 16.5. The molecule has 0 radical (unpaired) electrons. The van der Waals surface area contributed by atoms with Crippen molar-refractivity contribution in [1.82, 2.24) is 15.0 Å². The molecule has 1 N–H and O–H groups in total. The summed E-state index contributed by atoms with van der Waals surface area (Å²) in [6.45, 7) is 0. The van der Waals surface area contributed by atoms with Crippen LogP contribution in [0.3, 0.4) is 0 Å². The van der Waals surface area contributed by atoms with Crippen LogP contribution in [0.2, 0.25) is 0 Å². The van der Waals surface area contributed by atoms with Crippen LogP contribution in [0.4, 0.5) is 0 Å². The van der Waals surface area contributed by atoms with Gasteiger partial charge in [-0.25, -0.2) is 0 Å². The lowest BCUT2D eigenvalue weighted by atomic mass is 9.97. The number of methoxy groups -OCH3 is 2. The number of nitrogens with zero attached hydrogens (tertiary/aromatic N) is 3. The molecule has 34 heavy (non-hydrogen) atoms. The molecule has 1 aromatic heterocycles. The maximum Gasteiger partial charge on any atom is 0.146 e. The van der Waals surface area contributed by atoms with Gasteiger partial charge in [0.05, 0.1) is 14.2 Å². The zero-order valence-corrected chi connectivity index (χ0v) is 19.1. The third-order valence-corrected chi connectivity index (χ3v) is 5.85. The molecular formula is C28H25N3O3. The largest absolute Gasteiger partial charge is 0.505 e. The first-order valence-corrected chi connectivity index (χ1v) is 11.1. The Morgan fingerprint density at radius 3 is 1.74 bits per heavy atom. The topological polar surface area (TPSA) is 69.4 Å². The van der Waals surface area contributed by atoms with Crippen LogP contribution < -0.4 is 9.47 Å². The van der Waals surface area contributed by atoms with E-state index < -0.39 is 0 Å². The van der Waals surface area contributed by atoms with Crippen LogP contribution in [-0.4, -0.2) is 34.3 Å². The van der Waals surface area contributed by atoms with Crippen LogP contribution in [0.15, 0.2) is 84.9 Å². The maximum atomic E-state index is 11.2. The number of phenolic OH excluding ortho intramolecular Hbond substituents is 1. The van der Waals surface area contributed by atoms with Gasteiger partial charge in [-0.3, -0.25) is 0 Å². The Labute approximate surface area is 198 Å². The Kier molecular flexibility index (Phi) is 5.87. The fourth-order valence-electron chi connectivity index (χ4n) is 4.04. The Hall–Kier alpha value is -4.32. The Bertz CT molecular complexity index is 1390. The van der Waals surface area contributed by atoms with Crippen molar-refractivity contribution in [3.8, 4) is 22.9 Å². The normalized spacial score (nSPS) is 11.0. The van der Waals surface area contributed by atoms with Crippen molar-refractivity contribution in [3.05, 3.63) is 107 Å². The van der Waals surface area contributed by atoms with E-state index in [0.29, 0.717) is 18.5 Å². The standard InChI is InChI=1S/C28H25N3O3/c1-33-23-11-7-19(8-12-23)15-21-17-22(16-20-9-13-24(34-2)14-10-20)28(32)27(18-21)31-29-25-5-3-4-6-26(25)30-31/h3-14,17-18,32H,15-16H2,1-2H3. The van der Waals surface area contributed by atoms with E-state index >= 15 is 0 Å². The Morgan fingerprint density at radius 2 is 1.21 bits per heavy atom. The monoisotopic (exact) mass is 451 g/mol. The minimum Gasteiger partial charge on any atom is -0.505 e. The number of aromatic nitrogens is 3. The molecule has 0 fully saturated rings. The lowest BCUT2D eigenvalue weighted by molar-refractivity contribution is 0.414. The first kappa shape index (κ1) is 21.5. The smallest absolute Gasteiger partial charge is 0.146 e. The molecule has 0 saturated heterocycles. The molecule has 6 nitrogen and oxygen atoms in total. The number of aromatic hydroxyl groups is 1. The molecule has 1 heterocycles. The lowest BCUT2D eigenvalue weighted by Crippen LogP contribution is -2.04. The van der Waals surface area contributed by atoms with E-state index in [2.05, 4.69) is 28.4 Å². The van der Waals surface area contributed by atoms with Crippen LogP contribution in [0.5, 0.6) is 17.2 Å². The van der Waals surface area contributed by atoms with Gasteiger partial charge in [0.1, 0.15) is 34.0 Å². The van der Waals surface area contributed by atoms with Crippen molar-refractivity contribution in [2.75, 3.05) is 14.2 Å². The van der Waals surface area contributed by atoms with E-state index in [1.165, 1.54) is 4.80 Å². The van der Waals surface area contributed by atoms with E-state index in [9.17, 15) is 5.11 Å². The highest BCUT2D eigenvalue weighted by molar-refractivity contribution is 5.73. The minimum atomic E-state index is 0.176. The van der Waals surface area contributed by atoms with Gasteiger partial charge >= 0.3 is 0 Å². The first-order valence-electron chi connectivity index (χ1n) is 11.1. The van der Waals surface area contributed by atoms with Gasteiger partial charge in [-0.05, 0) is 65.6 Å². The maximum absolute atomic E-state index is 11.2. The zero-order valence-electron chi connectivity index (χ0n) is 19.1. The summed E-state index contributed by atoms with van der Waals surface area (Å²) in [5.74, 6) is 1.80. The highest BCUT2D eigenvalue weighted by Gasteiger charge is 2.16. The number of benzene rings is 4. The van der Waals surface area contributed by atoms with Gasteiger partial charge < -0.3 is 14.6 Å². The van der Waals surface area contributed by atoms with Gasteiger partial charge in [0.25, 0.3) is 0 Å². The second-order valence-electron chi connectivity index (χ2n) is 8.15. The van der Waals surface area contributed by atoms with E-state index in [4.69, 9.17) is 9.47 Å². The Morgan fingerprint density at radius 1 is 0.676 bits per heavy atom. The summed E-state index contributed by atoms with van der Waals surface area (Å²) in [4.78, 5) is 1.52. The van der Waals surface area contributed by atoms with E-state index in [1.54, 1.807) is 14.2 Å². The summed E-state index contributed by atoms with van der Waals surface area (Å²) in [6, 6.07) is 27.6. The third-order valence-electron chi connectivity index (χ3n) is 5.85. The molecule has 4 aromatic carbocycles. The SMILES string of the molecule is COc1ccc(Cc2cc(Cc3ccc(OC)cc3)c(O)c(-n3nc4ccccc4n3)c2)cc1. The quantitative estimate of drug-likeness (QED) is 0.362. The highest BCUT2D eigenvalue weighted by Crippen LogP contribution is 2.31. The number of ether oxygens (including phenoxy) is 2. The fraction of sp³-hybridized carbons (Fsp3) is 0.143. The average molecular weight is 452 g/mol. The molecule has 0 spiro atoms. The fourth-order valence-corrected chi connectivity index (χ4v) is 4.04. The number of rotatable bonds is 7. The van der Waals surface area contributed by atoms with Crippen LogP contribution in [0.1, 0.15) is 22.3 Å². The van der Waals surface area contributed by atoms with Crippen molar-refractivity contribution in [1.29, 1.82) is 0 Å². The summed E-state index contributed by atoms with van der Waals surface area (Å²) in [7, 11) is 3.31. The summed E-state index contributed by atoms with van der Waals surface area (Å²) in [5.41, 5.74) is 6.20. The Balaban J connectivity index is 1.56. The second kappa shape index (κ2) is 9.27. The summed E-state index contributed by atoms with van der Waals surface area (Å²) in [6.07, 6.45) is 1.27. The molecule has 0 bridgehead atoms. The van der Waals surface area contributed by atoms with Crippen LogP contribution in [0, 0.1) is 0 Å². The molecular weight excluding hydrogens is 426 g/mol. The number of hydrogen-bond donors (Lipinski definition) is 1. The molecule has 0 aliphatic carbocycles. The summed E-state index contributed by atoms with van der Waals surface area (Å²) in [5, 5.41) is 20.4. The van der Waals surface area contributed by atoms with Gasteiger partial charge in [-0.15, -0.1) is 15.0 Å². The molecule has 5 aromatic rings. The molecule has 0 aliphatic rings. The molecule has 0 unspecified atom stereocenters. The van der Waals surface area contributed by atoms with E-state index in [0.717, 1.165) is 44.8 Å². The molecule has 0 saturated carbocycles. The second-order valence-corrected chi connectivity index (χ2v) is 8.15. The lowest BCUT2D eigenvalue weighted by Gasteiger charge is -2.13. The molecule has 0 atom stereocenters. The number of phenols is 1. The van der Waals surface area contributed by atoms with Crippen molar-refractivity contribution < 1.29 is 14.6 Å². The summed E-state index contributed by atoms with van der Waals surface area (Å²) >= 11 is 0. The van der Waals surface area contributed by atoms with Crippen molar-refractivity contribution in [3.63, 3.8) is 0 Å². The summed E-state index contributed by atoms with van der Waals surface area (Å²) < 4.78 is 10.6. The van der Waals surface area contributed by atoms with Crippen LogP contribution >= 0.6 is 0 Å². The first-order chi connectivity index (χ1) is 16.6. The molecule has 5 rings (SSSR count). The van der Waals surface area contributed by atoms with Gasteiger partial charge in [-0.1, -0.05) is 42.5 Å². The molecule has 6 heteroatoms. The molecule has 170 valence electrons. The van der Waals surface area contributed by atoms with Gasteiger partial charge in [0, 0.05) is 12.0 Å². The number of hydrogen-bond acceptors (Lipinski definition) is 5. The number of fused-ring (bicyclic) bond motifs is 1. The van der Waals surface area contributed by atoms with Crippen LogP contribution in [0.25, 0.3) is 16.7 Å². The predicted molar refractivity (Wildman–Crippen MR) is 132 cm³/mol. The van der Waals surface area contributed by atoms with E-state index in [1.807, 2.05) is 66.7 Å². The minimum absolute atomic E-state index is 0.176. The molecule has 0 amide bonds. The van der Waals surface area contributed by atoms with Crippen LogP contribution in [-0.2, 0) is 12.8 Å². The molecule has 0 aliphatic heterocycles. The van der Waals surface area contributed by atoms with Gasteiger partial charge in [-0.2, -0.15) is 0 Å². The zero-order chi connectivity index (χ0) is 23.5. The van der Waals surface area contributed by atoms with Gasteiger partial charge in [0.2, 0.25) is 0 Å². The van der Waals surface area contributed by atoms with Crippen molar-refractivity contribution in [2.45, 2.75) is 12.8 Å². The van der Waals surface area contributed by atoms with E-state index in [-0.39, 0.29) is 5.75 Å². The predicted octanol–water partition coefficient (Wildman–Crippen LogP) is 5.32.